The van der Waals surface area contributed by atoms with Gasteiger partial charge in [0.25, 0.3) is 0 Å². The molecule has 0 atom stereocenters. The van der Waals surface area contributed by atoms with E-state index >= 15 is 0 Å². The SMILES string of the molecule is CCCCCCCCCCCCn1c(CCCCCNC(=O)CCc2ccccc2)nc2ccccc21. The lowest BCUT2D eigenvalue weighted by Crippen LogP contribution is -2.24. The Hall–Kier alpha value is -2.62. The lowest BCUT2D eigenvalue weighted by molar-refractivity contribution is -0.121. The molecule has 4 nitrogen and oxygen atoms in total. The maximum Gasteiger partial charge on any atom is 0.220 e. The van der Waals surface area contributed by atoms with E-state index < -0.39 is 0 Å². The second-order valence-corrected chi connectivity index (χ2v) is 10.5. The van der Waals surface area contributed by atoms with Crippen LogP contribution in [0.3, 0.4) is 0 Å². The Balaban J connectivity index is 1.31. The Morgan fingerprint density at radius 2 is 1.38 bits per heavy atom. The summed E-state index contributed by atoms with van der Waals surface area (Å²) in [4.78, 5) is 17.1. The number of fused-ring (bicyclic) bond motifs is 1. The Kier molecular flexibility index (Phi) is 13.9. The fraction of sp³-hybridized carbons (Fsp3) is 0.576. The molecule has 3 rings (SSSR count). The molecule has 1 amide bonds. The zero-order chi connectivity index (χ0) is 26.0. The monoisotopic (exact) mass is 503 g/mol. The van der Waals surface area contributed by atoms with Gasteiger partial charge in [0.05, 0.1) is 11.0 Å². The number of unbranched alkanes of at least 4 members (excludes halogenated alkanes) is 11. The van der Waals surface area contributed by atoms with Crippen LogP contribution in [-0.2, 0) is 24.2 Å². The van der Waals surface area contributed by atoms with Gasteiger partial charge in [-0.25, -0.2) is 4.98 Å². The van der Waals surface area contributed by atoms with Gasteiger partial charge in [0, 0.05) is 25.9 Å². The van der Waals surface area contributed by atoms with E-state index in [0.717, 1.165) is 50.7 Å². The average Bonchev–Trinajstić information content (AvgIpc) is 3.28. The highest BCUT2D eigenvalue weighted by Gasteiger charge is 2.10. The molecule has 0 bridgehead atoms. The third-order valence-corrected chi connectivity index (χ3v) is 7.35. The van der Waals surface area contributed by atoms with E-state index in [2.05, 4.69) is 53.2 Å². The molecule has 1 N–H and O–H groups in total. The number of hydrogen-bond acceptors (Lipinski definition) is 2. The lowest BCUT2D eigenvalue weighted by atomic mass is 10.1. The standard InChI is InChI=1S/C33H49N3O/c1-2-3-4-5-6-7-8-9-10-19-28-36-31-23-17-16-22-30(31)35-32(36)24-15-12-18-27-34-33(37)26-25-29-20-13-11-14-21-29/h11,13-14,16-17,20-23H,2-10,12,15,18-19,24-28H2,1H3,(H,34,37). The number of nitrogens with zero attached hydrogens (tertiary/aromatic N) is 2. The summed E-state index contributed by atoms with van der Waals surface area (Å²) in [6.07, 6.45) is 19.3. The van der Waals surface area contributed by atoms with Crippen molar-refractivity contribution in [1.29, 1.82) is 0 Å². The van der Waals surface area contributed by atoms with Crippen LogP contribution in [0.25, 0.3) is 11.0 Å². The number of carbonyl (C=O) groups is 1. The molecule has 1 heterocycles. The van der Waals surface area contributed by atoms with Crippen molar-refractivity contribution in [3.8, 4) is 0 Å². The Morgan fingerprint density at radius 3 is 2.14 bits per heavy atom. The van der Waals surface area contributed by atoms with Crippen molar-refractivity contribution in [2.75, 3.05) is 6.54 Å². The molecule has 2 aromatic carbocycles. The molecule has 0 aliphatic carbocycles. The van der Waals surface area contributed by atoms with Crippen molar-refractivity contribution in [3.63, 3.8) is 0 Å². The van der Waals surface area contributed by atoms with Crippen molar-refractivity contribution in [2.24, 2.45) is 0 Å². The number of carbonyl (C=O) groups excluding carboxylic acids is 1. The van der Waals surface area contributed by atoms with Gasteiger partial charge in [-0.05, 0) is 43.4 Å². The lowest BCUT2D eigenvalue weighted by Gasteiger charge is -2.10. The minimum absolute atomic E-state index is 0.155. The van der Waals surface area contributed by atoms with Gasteiger partial charge >= 0.3 is 0 Å². The van der Waals surface area contributed by atoms with Crippen LogP contribution in [0.5, 0.6) is 0 Å². The van der Waals surface area contributed by atoms with Crippen molar-refractivity contribution < 1.29 is 4.79 Å². The predicted molar refractivity (Wildman–Crippen MR) is 157 cm³/mol. The minimum Gasteiger partial charge on any atom is -0.356 e. The van der Waals surface area contributed by atoms with E-state index in [1.807, 2.05) is 18.2 Å². The average molecular weight is 504 g/mol. The molecule has 202 valence electrons. The Labute approximate surface area is 225 Å². The number of rotatable bonds is 20. The smallest absolute Gasteiger partial charge is 0.220 e. The maximum absolute atomic E-state index is 12.1. The maximum atomic E-state index is 12.1. The molecule has 4 heteroatoms. The number of nitrogens with one attached hydrogen (secondary N) is 1. The summed E-state index contributed by atoms with van der Waals surface area (Å²) in [5, 5.41) is 3.09. The Morgan fingerprint density at radius 1 is 0.730 bits per heavy atom. The van der Waals surface area contributed by atoms with Crippen LogP contribution in [0.2, 0.25) is 0 Å². The van der Waals surface area contributed by atoms with Crippen molar-refractivity contribution >= 4 is 16.9 Å². The molecule has 0 radical (unpaired) electrons. The van der Waals surface area contributed by atoms with E-state index in [1.165, 1.54) is 81.1 Å². The topological polar surface area (TPSA) is 46.9 Å². The van der Waals surface area contributed by atoms with E-state index in [1.54, 1.807) is 0 Å². The van der Waals surface area contributed by atoms with E-state index in [4.69, 9.17) is 4.98 Å². The number of aryl methyl sites for hydroxylation is 3. The van der Waals surface area contributed by atoms with Crippen molar-refractivity contribution in [2.45, 2.75) is 116 Å². The van der Waals surface area contributed by atoms with Crippen LogP contribution in [0.4, 0.5) is 0 Å². The zero-order valence-electron chi connectivity index (χ0n) is 23.2. The first-order valence-corrected chi connectivity index (χ1v) is 15.0. The summed E-state index contributed by atoms with van der Waals surface area (Å²) in [6, 6.07) is 18.8. The molecule has 3 aromatic rings. The molecule has 0 aliphatic rings. The summed E-state index contributed by atoms with van der Waals surface area (Å²) in [5.74, 6) is 1.38. The quantitative estimate of drug-likeness (QED) is 0.157. The number of aromatic nitrogens is 2. The van der Waals surface area contributed by atoms with Gasteiger partial charge in [0.2, 0.25) is 5.91 Å². The molecule has 0 saturated heterocycles. The Bertz CT molecular complexity index is 1010. The molecule has 0 fully saturated rings. The summed E-state index contributed by atoms with van der Waals surface area (Å²) < 4.78 is 2.46. The van der Waals surface area contributed by atoms with Crippen LogP contribution < -0.4 is 5.32 Å². The zero-order valence-corrected chi connectivity index (χ0v) is 23.2. The summed E-state index contributed by atoms with van der Waals surface area (Å²) in [7, 11) is 0. The molecule has 0 spiro atoms. The highest BCUT2D eigenvalue weighted by Crippen LogP contribution is 2.19. The van der Waals surface area contributed by atoms with E-state index in [0.29, 0.717) is 6.42 Å². The third kappa shape index (κ3) is 11.1. The van der Waals surface area contributed by atoms with Crippen molar-refractivity contribution in [3.05, 3.63) is 66.0 Å². The number of hydrogen-bond donors (Lipinski definition) is 1. The van der Waals surface area contributed by atoms with Gasteiger partial charge in [0.1, 0.15) is 5.82 Å². The van der Waals surface area contributed by atoms with E-state index in [-0.39, 0.29) is 5.91 Å². The summed E-state index contributed by atoms with van der Waals surface area (Å²) in [6.45, 7) is 4.12. The highest BCUT2D eigenvalue weighted by molar-refractivity contribution is 5.76. The number of imidazole rings is 1. The molecule has 0 saturated carbocycles. The van der Waals surface area contributed by atoms with Crippen LogP contribution in [0.15, 0.2) is 54.6 Å². The third-order valence-electron chi connectivity index (χ3n) is 7.35. The van der Waals surface area contributed by atoms with Crippen LogP contribution >= 0.6 is 0 Å². The van der Waals surface area contributed by atoms with Gasteiger partial charge in [0.15, 0.2) is 0 Å². The largest absolute Gasteiger partial charge is 0.356 e. The second kappa shape index (κ2) is 17.8. The normalized spacial score (nSPS) is 11.3. The molecular formula is C33H49N3O. The molecule has 0 unspecified atom stereocenters. The van der Waals surface area contributed by atoms with E-state index in [9.17, 15) is 4.79 Å². The van der Waals surface area contributed by atoms with Crippen LogP contribution in [0.1, 0.15) is 108 Å². The van der Waals surface area contributed by atoms with Gasteiger partial charge in [-0.2, -0.15) is 0 Å². The first-order chi connectivity index (χ1) is 18.3. The highest BCUT2D eigenvalue weighted by atomic mass is 16.1. The first-order valence-electron chi connectivity index (χ1n) is 15.0. The molecule has 0 aliphatic heterocycles. The second-order valence-electron chi connectivity index (χ2n) is 10.5. The molecular weight excluding hydrogens is 454 g/mol. The van der Waals surface area contributed by atoms with Gasteiger partial charge in [-0.3, -0.25) is 4.79 Å². The molecule has 1 aromatic heterocycles. The minimum atomic E-state index is 0.155. The fourth-order valence-corrected chi connectivity index (χ4v) is 5.13. The van der Waals surface area contributed by atoms with Crippen LogP contribution in [-0.4, -0.2) is 22.0 Å². The molecule has 37 heavy (non-hydrogen) atoms. The fourth-order valence-electron chi connectivity index (χ4n) is 5.13. The first kappa shape index (κ1) is 28.9. The number of benzene rings is 2. The predicted octanol–water partition coefficient (Wildman–Crippen LogP) is 8.42. The number of para-hydroxylation sites is 2. The summed E-state index contributed by atoms with van der Waals surface area (Å²) >= 11 is 0. The van der Waals surface area contributed by atoms with Gasteiger partial charge < -0.3 is 9.88 Å². The number of amides is 1. The van der Waals surface area contributed by atoms with Crippen molar-refractivity contribution in [1.82, 2.24) is 14.9 Å². The van der Waals surface area contributed by atoms with Gasteiger partial charge in [-0.15, -0.1) is 0 Å². The summed E-state index contributed by atoms with van der Waals surface area (Å²) in [5.41, 5.74) is 3.62. The van der Waals surface area contributed by atoms with Gasteiger partial charge in [-0.1, -0.05) is 114 Å². The van der Waals surface area contributed by atoms with Crippen LogP contribution in [0, 0.1) is 0 Å².